The number of nitrogens with two attached hydrogens (primary N) is 1. The quantitative estimate of drug-likeness (QED) is 0.934. The lowest BCUT2D eigenvalue weighted by Gasteiger charge is -2.10. The summed E-state index contributed by atoms with van der Waals surface area (Å²) in [6.45, 7) is 0.742. The molecular formula is C14H16ClN3O. The number of anilines is 1. The van der Waals surface area contributed by atoms with Crippen LogP contribution in [0.25, 0.3) is 11.1 Å². The predicted octanol–water partition coefficient (Wildman–Crippen LogP) is 3.11. The molecule has 3 rings (SSSR count). The van der Waals surface area contributed by atoms with Gasteiger partial charge in [-0.2, -0.15) is 5.10 Å². The molecule has 0 unspecified atom stereocenters. The maximum Gasteiger partial charge on any atom is 0.138 e. The van der Waals surface area contributed by atoms with Crippen molar-refractivity contribution in [3.05, 3.63) is 29.4 Å². The average molecular weight is 278 g/mol. The van der Waals surface area contributed by atoms with Crippen LogP contribution in [0, 0.1) is 5.92 Å². The molecule has 0 aliphatic heterocycles. The molecule has 1 heterocycles. The minimum atomic E-state index is 0.598. The summed E-state index contributed by atoms with van der Waals surface area (Å²) in [6, 6.07) is 5.75. The van der Waals surface area contributed by atoms with E-state index in [1.807, 2.05) is 18.2 Å². The standard InChI is InChI=1S/C14H16ClN3O/c1-18-14(16)11(7-17-18)10-3-2-4-12(13(10)15)19-8-9-5-6-9/h2-4,7,9H,5-6,8,16H2,1H3. The fraction of sp³-hybridized carbons (Fsp3) is 0.357. The molecule has 5 heteroatoms. The fourth-order valence-corrected chi connectivity index (χ4v) is 2.26. The van der Waals surface area contributed by atoms with Crippen LogP contribution in [-0.2, 0) is 7.05 Å². The highest BCUT2D eigenvalue weighted by Gasteiger charge is 2.23. The molecule has 2 aromatic rings. The summed E-state index contributed by atoms with van der Waals surface area (Å²) in [5, 5.41) is 4.74. The zero-order chi connectivity index (χ0) is 13.4. The number of nitrogens with zero attached hydrogens (tertiary/aromatic N) is 2. The minimum Gasteiger partial charge on any atom is -0.492 e. The number of hydrogen-bond donors (Lipinski definition) is 1. The van der Waals surface area contributed by atoms with Crippen LogP contribution >= 0.6 is 11.6 Å². The van der Waals surface area contributed by atoms with Gasteiger partial charge in [0.1, 0.15) is 11.6 Å². The van der Waals surface area contributed by atoms with E-state index >= 15 is 0 Å². The van der Waals surface area contributed by atoms with Crippen molar-refractivity contribution in [1.82, 2.24) is 9.78 Å². The van der Waals surface area contributed by atoms with Gasteiger partial charge in [-0.1, -0.05) is 23.7 Å². The summed E-state index contributed by atoms with van der Waals surface area (Å²) in [7, 11) is 1.81. The Kier molecular flexibility index (Phi) is 3.11. The molecule has 1 saturated carbocycles. The predicted molar refractivity (Wildman–Crippen MR) is 76.3 cm³/mol. The number of aromatic nitrogens is 2. The molecule has 0 bridgehead atoms. The monoisotopic (exact) mass is 277 g/mol. The van der Waals surface area contributed by atoms with Crippen LogP contribution in [0.5, 0.6) is 5.75 Å². The molecule has 100 valence electrons. The Morgan fingerprint density at radius 2 is 2.21 bits per heavy atom. The molecule has 1 aromatic carbocycles. The number of aryl methyl sites for hydroxylation is 1. The fourth-order valence-electron chi connectivity index (χ4n) is 1.98. The topological polar surface area (TPSA) is 53.1 Å². The van der Waals surface area contributed by atoms with Crippen LogP contribution in [0.4, 0.5) is 5.82 Å². The van der Waals surface area contributed by atoms with Gasteiger partial charge in [0, 0.05) is 18.2 Å². The van der Waals surface area contributed by atoms with E-state index in [0.717, 1.165) is 17.7 Å². The molecule has 0 spiro atoms. The summed E-state index contributed by atoms with van der Waals surface area (Å²) in [5.74, 6) is 2.01. The summed E-state index contributed by atoms with van der Waals surface area (Å²) in [6.07, 6.45) is 4.24. The number of benzene rings is 1. The molecular weight excluding hydrogens is 262 g/mol. The Balaban J connectivity index is 1.92. The maximum atomic E-state index is 6.41. The van der Waals surface area contributed by atoms with Crippen LogP contribution in [0.2, 0.25) is 5.02 Å². The molecule has 1 fully saturated rings. The van der Waals surface area contributed by atoms with Crippen molar-refractivity contribution in [2.75, 3.05) is 12.3 Å². The van der Waals surface area contributed by atoms with E-state index < -0.39 is 0 Å². The van der Waals surface area contributed by atoms with Gasteiger partial charge in [0.25, 0.3) is 0 Å². The van der Waals surface area contributed by atoms with Gasteiger partial charge in [-0.25, -0.2) is 0 Å². The molecule has 0 atom stereocenters. The van der Waals surface area contributed by atoms with Gasteiger partial charge in [0.05, 0.1) is 17.8 Å². The first kappa shape index (κ1) is 12.4. The Labute approximate surface area is 117 Å². The van der Waals surface area contributed by atoms with Crippen LogP contribution in [-0.4, -0.2) is 16.4 Å². The zero-order valence-corrected chi connectivity index (χ0v) is 11.5. The lowest BCUT2D eigenvalue weighted by molar-refractivity contribution is 0.300. The first-order valence-electron chi connectivity index (χ1n) is 6.36. The second kappa shape index (κ2) is 4.78. The number of hydrogen-bond acceptors (Lipinski definition) is 3. The first-order valence-corrected chi connectivity index (χ1v) is 6.73. The molecule has 2 N–H and O–H groups in total. The Morgan fingerprint density at radius 1 is 1.42 bits per heavy atom. The van der Waals surface area contributed by atoms with Crippen LogP contribution in [0.15, 0.2) is 24.4 Å². The van der Waals surface area contributed by atoms with Crippen molar-refractivity contribution in [3.63, 3.8) is 0 Å². The largest absolute Gasteiger partial charge is 0.492 e. The lowest BCUT2D eigenvalue weighted by atomic mass is 10.1. The number of halogens is 1. The molecule has 0 radical (unpaired) electrons. The second-order valence-electron chi connectivity index (χ2n) is 4.94. The van der Waals surface area contributed by atoms with E-state index in [2.05, 4.69) is 5.10 Å². The van der Waals surface area contributed by atoms with Gasteiger partial charge in [-0.15, -0.1) is 0 Å². The Hall–Kier alpha value is -1.68. The highest BCUT2D eigenvalue weighted by molar-refractivity contribution is 6.35. The van der Waals surface area contributed by atoms with E-state index in [1.165, 1.54) is 12.8 Å². The number of ether oxygens (including phenoxy) is 1. The summed E-state index contributed by atoms with van der Waals surface area (Å²) in [4.78, 5) is 0. The van der Waals surface area contributed by atoms with Crippen molar-refractivity contribution in [2.24, 2.45) is 13.0 Å². The molecule has 0 amide bonds. The summed E-state index contributed by atoms with van der Waals surface area (Å²) >= 11 is 6.41. The number of nitrogen functional groups attached to an aromatic ring is 1. The minimum absolute atomic E-state index is 0.598. The van der Waals surface area contributed by atoms with Crippen molar-refractivity contribution < 1.29 is 4.74 Å². The SMILES string of the molecule is Cn1ncc(-c2cccc(OCC3CC3)c2Cl)c1N. The van der Waals surface area contributed by atoms with Crippen LogP contribution < -0.4 is 10.5 Å². The molecule has 1 aromatic heterocycles. The molecule has 0 saturated heterocycles. The highest BCUT2D eigenvalue weighted by atomic mass is 35.5. The average Bonchev–Trinajstić information content (AvgIpc) is 3.17. The van der Waals surface area contributed by atoms with Crippen LogP contribution in [0.1, 0.15) is 12.8 Å². The van der Waals surface area contributed by atoms with E-state index in [-0.39, 0.29) is 0 Å². The zero-order valence-electron chi connectivity index (χ0n) is 10.8. The first-order chi connectivity index (χ1) is 9.16. The van der Waals surface area contributed by atoms with Gasteiger partial charge in [-0.3, -0.25) is 4.68 Å². The molecule has 4 nitrogen and oxygen atoms in total. The third-order valence-corrected chi connectivity index (χ3v) is 3.80. The van der Waals surface area contributed by atoms with Crippen molar-refractivity contribution in [1.29, 1.82) is 0 Å². The van der Waals surface area contributed by atoms with Crippen LogP contribution in [0.3, 0.4) is 0 Å². The molecule has 1 aliphatic rings. The van der Waals surface area contributed by atoms with Crippen molar-refractivity contribution in [3.8, 4) is 16.9 Å². The number of rotatable bonds is 4. The third kappa shape index (κ3) is 2.40. The van der Waals surface area contributed by atoms with Gasteiger partial charge in [0.15, 0.2) is 0 Å². The van der Waals surface area contributed by atoms with Gasteiger partial charge < -0.3 is 10.5 Å². The molecule has 19 heavy (non-hydrogen) atoms. The summed E-state index contributed by atoms with van der Waals surface area (Å²) in [5.41, 5.74) is 7.69. The Morgan fingerprint density at radius 3 is 2.84 bits per heavy atom. The lowest BCUT2D eigenvalue weighted by Crippen LogP contribution is -2.00. The van der Waals surface area contributed by atoms with E-state index in [9.17, 15) is 0 Å². The highest BCUT2D eigenvalue weighted by Crippen LogP contribution is 2.38. The van der Waals surface area contributed by atoms with E-state index in [1.54, 1.807) is 17.9 Å². The summed E-state index contributed by atoms with van der Waals surface area (Å²) < 4.78 is 7.40. The van der Waals surface area contributed by atoms with Crippen molar-refractivity contribution in [2.45, 2.75) is 12.8 Å². The maximum absolute atomic E-state index is 6.41. The van der Waals surface area contributed by atoms with E-state index in [0.29, 0.717) is 22.5 Å². The third-order valence-electron chi connectivity index (χ3n) is 3.41. The van der Waals surface area contributed by atoms with Crippen molar-refractivity contribution >= 4 is 17.4 Å². The van der Waals surface area contributed by atoms with E-state index in [4.69, 9.17) is 22.1 Å². The second-order valence-corrected chi connectivity index (χ2v) is 5.32. The van der Waals surface area contributed by atoms with Gasteiger partial charge in [-0.05, 0) is 24.8 Å². The van der Waals surface area contributed by atoms with Gasteiger partial charge >= 0.3 is 0 Å². The molecule has 1 aliphatic carbocycles. The smallest absolute Gasteiger partial charge is 0.138 e. The Bertz CT molecular complexity index is 605. The normalized spacial score (nSPS) is 14.6. The van der Waals surface area contributed by atoms with Gasteiger partial charge in [0.2, 0.25) is 0 Å².